The molecule has 1 aromatic rings. The predicted octanol–water partition coefficient (Wildman–Crippen LogP) is 1.70. The molecule has 1 aliphatic heterocycles. The van der Waals surface area contributed by atoms with Crippen LogP contribution in [0.15, 0.2) is 12.4 Å². The number of nitrogens with zero attached hydrogens (tertiary/aromatic N) is 3. The smallest absolute Gasteiger partial charge is 0.149 e. The maximum absolute atomic E-state index is 5.83. The average molecular weight is 241 g/mol. The van der Waals surface area contributed by atoms with Gasteiger partial charge in [-0.1, -0.05) is 11.6 Å². The number of aromatic nitrogens is 2. The summed E-state index contributed by atoms with van der Waals surface area (Å²) in [5, 5.41) is 0.460. The van der Waals surface area contributed by atoms with Crippen molar-refractivity contribution in [3.8, 4) is 0 Å². The number of piperidine rings is 1. The van der Waals surface area contributed by atoms with Crippen molar-refractivity contribution >= 4 is 17.4 Å². The minimum absolute atomic E-state index is 0.460. The third kappa shape index (κ3) is 2.83. The van der Waals surface area contributed by atoms with Crippen LogP contribution in [0.25, 0.3) is 0 Å². The van der Waals surface area contributed by atoms with Crippen LogP contribution in [0.3, 0.4) is 0 Å². The van der Waals surface area contributed by atoms with E-state index >= 15 is 0 Å². The predicted molar refractivity (Wildman–Crippen MR) is 65.7 cm³/mol. The van der Waals surface area contributed by atoms with E-state index in [4.69, 9.17) is 17.3 Å². The minimum atomic E-state index is 0.460. The lowest BCUT2D eigenvalue weighted by Crippen LogP contribution is -2.34. The molecule has 0 saturated carbocycles. The summed E-state index contributed by atoms with van der Waals surface area (Å²) in [6, 6.07) is 0. The Bertz CT molecular complexity index is 337. The fourth-order valence-electron chi connectivity index (χ4n) is 2.17. The van der Waals surface area contributed by atoms with E-state index in [1.807, 2.05) is 0 Å². The van der Waals surface area contributed by atoms with E-state index in [9.17, 15) is 0 Å². The highest BCUT2D eigenvalue weighted by atomic mass is 35.5. The molecule has 2 rings (SSSR count). The first-order chi connectivity index (χ1) is 7.79. The van der Waals surface area contributed by atoms with Crippen LogP contribution >= 0.6 is 11.6 Å². The molecule has 1 aromatic heterocycles. The molecule has 0 bridgehead atoms. The van der Waals surface area contributed by atoms with Crippen LogP contribution in [-0.2, 0) is 0 Å². The van der Waals surface area contributed by atoms with Crippen molar-refractivity contribution in [3.63, 3.8) is 0 Å². The highest BCUT2D eigenvalue weighted by molar-refractivity contribution is 6.29. The number of rotatable bonds is 3. The Balaban J connectivity index is 1.94. The van der Waals surface area contributed by atoms with Crippen molar-refractivity contribution < 1.29 is 0 Å². The Morgan fingerprint density at radius 2 is 2.12 bits per heavy atom. The molecular weight excluding hydrogens is 224 g/mol. The van der Waals surface area contributed by atoms with Crippen LogP contribution < -0.4 is 10.6 Å². The first-order valence-corrected chi connectivity index (χ1v) is 6.10. The molecule has 0 aromatic carbocycles. The van der Waals surface area contributed by atoms with Gasteiger partial charge < -0.3 is 10.6 Å². The van der Waals surface area contributed by atoms with Gasteiger partial charge in [0.05, 0.1) is 12.4 Å². The number of nitrogens with two attached hydrogens (primary N) is 1. The summed E-state index contributed by atoms with van der Waals surface area (Å²) in [7, 11) is 0. The van der Waals surface area contributed by atoms with Gasteiger partial charge in [0.15, 0.2) is 0 Å². The molecule has 1 fully saturated rings. The Labute approximate surface area is 101 Å². The number of anilines is 1. The lowest BCUT2D eigenvalue weighted by atomic mass is 9.94. The Morgan fingerprint density at radius 1 is 1.38 bits per heavy atom. The SMILES string of the molecule is NCCC1CCN(c2cncc(Cl)n2)CC1. The summed E-state index contributed by atoms with van der Waals surface area (Å²) in [6.07, 6.45) is 6.84. The maximum Gasteiger partial charge on any atom is 0.149 e. The monoisotopic (exact) mass is 240 g/mol. The summed E-state index contributed by atoms with van der Waals surface area (Å²) in [4.78, 5) is 10.6. The molecule has 2 N–H and O–H groups in total. The molecule has 0 radical (unpaired) electrons. The Kier molecular flexibility index (Phi) is 3.96. The van der Waals surface area contributed by atoms with Gasteiger partial charge in [-0.05, 0) is 31.7 Å². The van der Waals surface area contributed by atoms with Crippen molar-refractivity contribution in [3.05, 3.63) is 17.5 Å². The first kappa shape index (κ1) is 11.6. The topological polar surface area (TPSA) is 55.0 Å². The van der Waals surface area contributed by atoms with Crippen LogP contribution in [-0.4, -0.2) is 29.6 Å². The zero-order valence-corrected chi connectivity index (χ0v) is 10.0. The van der Waals surface area contributed by atoms with Gasteiger partial charge in [-0.3, -0.25) is 4.98 Å². The summed E-state index contributed by atoms with van der Waals surface area (Å²) in [5.41, 5.74) is 5.57. The largest absolute Gasteiger partial charge is 0.355 e. The Morgan fingerprint density at radius 3 is 2.75 bits per heavy atom. The van der Waals surface area contributed by atoms with Crippen LogP contribution in [0.1, 0.15) is 19.3 Å². The molecule has 0 aliphatic carbocycles. The van der Waals surface area contributed by atoms with E-state index in [2.05, 4.69) is 14.9 Å². The van der Waals surface area contributed by atoms with Gasteiger partial charge in [-0.2, -0.15) is 0 Å². The van der Waals surface area contributed by atoms with E-state index in [1.165, 1.54) is 12.8 Å². The lowest BCUT2D eigenvalue weighted by molar-refractivity contribution is 0.385. The normalized spacial score (nSPS) is 17.8. The fraction of sp³-hybridized carbons (Fsp3) is 0.636. The van der Waals surface area contributed by atoms with Crippen LogP contribution in [0, 0.1) is 5.92 Å². The van der Waals surface area contributed by atoms with Gasteiger partial charge in [0.1, 0.15) is 11.0 Å². The highest BCUT2D eigenvalue weighted by Crippen LogP contribution is 2.23. The first-order valence-electron chi connectivity index (χ1n) is 5.72. The van der Waals surface area contributed by atoms with E-state index in [0.717, 1.165) is 37.8 Å². The van der Waals surface area contributed by atoms with E-state index in [1.54, 1.807) is 12.4 Å². The second kappa shape index (κ2) is 5.46. The van der Waals surface area contributed by atoms with Crippen molar-refractivity contribution in [2.24, 2.45) is 11.7 Å². The number of halogens is 1. The fourth-order valence-corrected chi connectivity index (χ4v) is 2.31. The van der Waals surface area contributed by atoms with Gasteiger partial charge in [-0.25, -0.2) is 4.98 Å². The summed E-state index contributed by atoms with van der Waals surface area (Å²) in [6.45, 7) is 2.85. The highest BCUT2D eigenvalue weighted by Gasteiger charge is 2.19. The van der Waals surface area contributed by atoms with Gasteiger partial charge >= 0.3 is 0 Å². The lowest BCUT2D eigenvalue weighted by Gasteiger charge is -2.32. The second-order valence-corrected chi connectivity index (χ2v) is 4.60. The van der Waals surface area contributed by atoms with Crippen LogP contribution in [0.2, 0.25) is 5.15 Å². The zero-order valence-electron chi connectivity index (χ0n) is 9.27. The Hall–Kier alpha value is -0.870. The van der Waals surface area contributed by atoms with Crippen molar-refractivity contribution in [1.82, 2.24) is 9.97 Å². The molecule has 16 heavy (non-hydrogen) atoms. The second-order valence-electron chi connectivity index (χ2n) is 4.21. The van der Waals surface area contributed by atoms with E-state index in [0.29, 0.717) is 5.15 Å². The molecule has 0 amide bonds. The average Bonchev–Trinajstić information content (AvgIpc) is 2.30. The maximum atomic E-state index is 5.83. The third-order valence-electron chi connectivity index (χ3n) is 3.11. The molecule has 0 spiro atoms. The van der Waals surface area contributed by atoms with Crippen molar-refractivity contribution in [1.29, 1.82) is 0 Å². The molecule has 1 aliphatic rings. The van der Waals surface area contributed by atoms with E-state index in [-0.39, 0.29) is 0 Å². The summed E-state index contributed by atoms with van der Waals surface area (Å²) in [5.74, 6) is 1.66. The molecule has 0 unspecified atom stereocenters. The quantitative estimate of drug-likeness (QED) is 0.874. The van der Waals surface area contributed by atoms with Crippen molar-refractivity contribution in [2.75, 3.05) is 24.5 Å². The third-order valence-corrected chi connectivity index (χ3v) is 3.29. The molecule has 5 heteroatoms. The van der Waals surface area contributed by atoms with Gasteiger partial charge in [-0.15, -0.1) is 0 Å². The zero-order chi connectivity index (χ0) is 11.4. The number of hydrogen-bond donors (Lipinski definition) is 1. The molecular formula is C11H17ClN4. The van der Waals surface area contributed by atoms with Crippen LogP contribution in [0.4, 0.5) is 5.82 Å². The standard InChI is InChI=1S/C11H17ClN4/c12-10-7-14-8-11(15-10)16-5-2-9(1-4-13)3-6-16/h7-9H,1-6,13H2. The molecule has 4 nitrogen and oxygen atoms in total. The molecule has 0 atom stereocenters. The van der Waals surface area contributed by atoms with Gasteiger partial charge in [0.25, 0.3) is 0 Å². The molecule has 1 saturated heterocycles. The van der Waals surface area contributed by atoms with Gasteiger partial charge in [0, 0.05) is 13.1 Å². The summed E-state index contributed by atoms with van der Waals surface area (Å²) < 4.78 is 0. The summed E-state index contributed by atoms with van der Waals surface area (Å²) >= 11 is 5.83. The number of hydrogen-bond acceptors (Lipinski definition) is 4. The van der Waals surface area contributed by atoms with Crippen LogP contribution in [0.5, 0.6) is 0 Å². The van der Waals surface area contributed by atoms with E-state index < -0.39 is 0 Å². The molecule has 2 heterocycles. The van der Waals surface area contributed by atoms with Crippen molar-refractivity contribution in [2.45, 2.75) is 19.3 Å². The minimum Gasteiger partial charge on any atom is -0.355 e. The van der Waals surface area contributed by atoms with Gasteiger partial charge in [0.2, 0.25) is 0 Å². The molecule has 88 valence electrons.